The van der Waals surface area contributed by atoms with Gasteiger partial charge in [0, 0.05) is 26.1 Å². The molecule has 0 bridgehead atoms. The van der Waals surface area contributed by atoms with Crippen LogP contribution in [0.2, 0.25) is 0 Å². The maximum atomic E-state index is 14.3. The monoisotopic (exact) mass is 1250 g/mol. The number of nitrogens with two attached hydrogens (primary N) is 5. The van der Waals surface area contributed by atoms with Crippen molar-refractivity contribution < 1.29 is 83.4 Å². The van der Waals surface area contributed by atoms with E-state index in [1.54, 1.807) is 13.8 Å². The molecule has 88 heavy (non-hydrogen) atoms. The predicted octanol–water partition coefficient (Wildman–Crippen LogP) is -7.72. The summed E-state index contributed by atoms with van der Waals surface area (Å²) in [5.74, 6) is -12.2. The number of carbonyl (C=O) groups excluding carboxylic acids is 10. The zero-order valence-electron chi connectivity index (χ0n) is 50.4. The summed E-state index contributed by atoms with van der Waals surface area (Å²) < 4.78 is 0. The van der Waals surface area contributed by atoms with Gasteiger partial charge in [0.05, 0.1) is 32.0 Å². The lowest BCUT2D eigenvalue weighted by Crippen LogP contribution is -2.63. The van der Waals surface area contributed by atoms with Crippen molar-refractivity contribution >= 4 is 77.0 Å². The highest BCUT2D eigenvalue weighted by atomic mass is 16.4. The van der Waals surface area contributed by atoms with Crippen LogP contribution in [-0.2, 0) is 59.2 Å². The molecule has 34 nitrogen and oxygen atoms in total. The fourth-order valence-electron chi connectivity index (χ4n) is 8.95. The molecule has 34 heteroatoms. The van der Waals surface area contributed by atoms with Gasteiger partial charge in [0.1, 0.15) is 66.2 Å². The molecule has 1 fully saturated rings. The van der Waals surface area contributed by atoms with Crippen LogP contribution >= 0.6 is 0 Å². The highest BCUT2D eigenvalue weighted by Gasteiger charge is 2.41. The maximum Gasteiger partial charge on any atom is 0.326 e. The minimum Gasteiger partial charge on any atom is -0.508 e. The fraction of sp³-hybridized carbons (Fsp3) is 0.648. The Bertz CT molecular complexity index is 2580. The molecule has 1 aliphatic rings. The number of nitrogens with one attached hydrogen (secondary N) is 9. The predicted molar refractivity (Wildman–Crippen MR) is 317 cm³/mol. The number of phenolic OH excluding ortho intramolecular Hbond substituents is 1. The van der Waals surface area contributed by atoms with Gasteiger partial charge < -0.3 is 112 Å². The zero-order chi connectivity index (χ0) is 66.5. The number of aliphatic hydroxyl groups is 4. The van der Waals surface area contributed by atoms with Crippen molar-refractivity contribution in [2.24, 2.45) is 50.5 Å². The number of nitrogens with zero attached hydrogens (tertiary/aromatic N) is 3. The second-order valence-electron chi connectivity index (χ2n) is 22.1. The molecule has 10 amide bonds. The van der Waals surface area contributed by atoms with Gasteiger partial charge >= 0.3 is 5.97 Å². The van der Waals surface area contributed by atoms with E-state index in [2.05, 4.69) is 57.8 Å². The number of carbonyl (C=O) groups is 11. The van der Waals surface area contributed by atoms with Gasteiger partial charge in [-0.1, -0.05) is 39.8 Å². The normalized spacial score (nSPS) is 16.6. The first-order valence-corrected chi connectivity index (χ1v) is 28.8. The smallest absolute Gasteiger partial charge is 0.326 e. The number of aliphatic carboxylic acids is 1. The van der Waals surface area contributed by atoms with Gasteiger partial charge in [0.25, 0.3) is 0 Å². The highest BCUT2D eigenvalue weighted by molar-refractivity contribution is 5.99. The van der Waals surface area contributed by atoms with Crippen LogP contribution in [0.15, 0.2) is 34.3 Å². The van der Waals surface area contributed by atoms with E-state index in [9.17, 15) is 83.4 Å². The number of carboxylic acids is 1. The van der Waals surface area contributed by atoms with Crippen LogP contribution in [0.25, 0.3) is 0 Å². The second kappa shape index (κ2) is 37.9. The van der Waals surface area contributed by atoms with Crippen LogP contribution in [0.1, 0.15) is 98.5 Å². The minimum atomic E-state index is -1.95. The van der Waals surface area contributed by atoms with Crippen molar-refractivity contribution in [2.45, 2.75) is 172 Å². The molecule has 12 atom stereocenters. The van der Waals surface area contributed by atoms with Crippen molar-refractivity contribution in [3.05, 3.63) is 29.8 Å². The van der Waals surface area contributed by atoms with Crippen molar-refractivity contribution in [1.82, 2.24) is 52.8 Å². The number of likely N-dealkylation sites (tertiary alicyclic amines) is 1. The Kier molecular flexibility index (Phi) is 32.6. The molecule has 0 spiro atoms. The Hall–Kier alpha value is -8.47. The van der Waals surface area contributed by atoms with Gasteiger partial charge in [-0.25, -0.2) is 4.79 Å². The third-order valence-electron chi connectivity index (χ3n) is 13.6. The summed E-state index contributed by atoms with van der Waals surface area (Å²) in [5, 5.41) is 82.6. The van der Waals surface area contributed by atoms with Gasteiger partial charge in [-0.3, -0.25) is 57.9 Å². The first-order chi connectivity index (χ1) is 41.3. The average Bonchev–Trinajstić information content (AvgIpc) is 3.84. The third kappa shape index (κ3) is 26.2. The minimum absolute atomic E-state index is 0.0153. The van der Waals surface area contributed by atoms with Gasteiger partial charge in [-0.05, 0) is 94.7 Å². The van der Waals surface area contributed by atoms with E-state index in [1.807, 2.05) is 13.8 Å². The van der Waals surface area contributed by atoms with E-state index >= 15 is 0 Å². The summed E-state index contributed by atoms with van der Waals surface area (Å²) in [4.78, 5) is 158. The largest absolute Gasteiger partial charge is 0.508 e. The molecule has 0 saturated carbocycles. The molecule has 1 aromatic rings. The van der Waals surface area contributed by atoms with Crippen molar-refractivity contribution in [3.63, 3.8) is 0 Å². The van der Waals surface area contributed by atoms with E-state index in [0.29, 0.717) is 5.56 Å². The van der Waals surface area contributed by atoms with Gasteiger partial charge in [0.2, 0.25) is 59.1 Å². The molecule has 25 N–H and O–H groups in total. The number of rotatable bonds is 38. The molecule has 0 unspecified atom stereocenters. The van der Waals surface area contributed by atoms with E-state index < -0.39 is 157 Å². The molecular formula is C54H91N17O17. The molecule has 0 radical (unpaired) electrons. The lowest BCUT2D eigenvalue weighted by Gasteiger charge is -2.31. The second-order valence-corrected chi connectivity index (χ2v) is 22.1. The maximum absolute atomic E-state index is 14.3. The molecule has 1 aliphatic heterocycles. The first-order valence-electron chi connectivity index (χ1n) is 28.8. The van der Waals surface area contributed by atoms with Crippen molar-refractivity contribution in [1.29, 1.82) is 0 Å². The number of aromatic hydroxyl groups is 1. The lowest BCUT2D eigenvalue weighted by molar-refractivity contribution is -0.143. The van der Waals surface area contributed by atoms with Gasteiger partial charge in [0.15, 0.2) is 11.9 Å². The summed E-state index contributed by atoms with van der Waals surface area (Å²) in [5.41, 5.74) is 28.0. The Morgan fingerprint density at radius 1 is 0.545 bits per heavy atom. The molecule has 0 aliphatic carbocycles. The van der Waals surface area contributed by atoms with Crippen LogP contribution in [-0.4, -0.2) is 225 Å². The summed E-state index contributed by atoms with van der Waals surface area (Å²) >= 11 is 0. The summed E-state index contributed by atoms with van der Waals surface area (Å²) in [7, 11) is 0. The van der Waals surface area contributed by atoms with Crippen molar-refractivity contribution in [2.75, 3.05) is 39.5 Å². The number of aliphatic imine (C=N–C) groups is 2. The standard InChI is InChI=1S/C54H91N17O17/c1-26(2)20-34(64-42(77)28(5)55)44(79)63-33(11-8-18-61-54(58)59)51(86)71-19-9-12-40(71)49(84)68-39(25-74)48(83)70-41(29(6)75)50(85)69-38(24-73)46(81)62-32(10-7-17-60-53(56)57)43(78)67-37(23-72)47(82)65-35(21-27(3)4)45(80)66-36(52(87)88)22-30-13-15-31(76)16-14-30/h13-16,26-29,32-41,72-76H,7-12,17-25,55H2,1-6H3,(H,62,81)(H,63,79)(H,64,77)(H,65,82)(H,66,80)(H,67,78)(H,68,84)(H,69,85)(H,70,83)(H,87,88)(H4,56,57,60)(H4,58,59,61)/t28-,29+,32-,33-,34-,35-,36-,37-,38-,39-,40-,41-/m0/s1. The summed E-state index contributed by atoms with van der Waals surface area (Å²) in [6.45, 7) is 6.22. The third-order valence-corrected chi connectivity index (χ3v) is 13.6. The molecule has 1 saturated heterocycles. The van der Waals surface area contributed by atoms with E-state index in [4.69, 9.17) is 28.7 Å². The Morgan fingerprint density at radius 2 is 0.943 bits per heavy atom. The summed E-state index contributed by atoms with van der Waals surface area (Å²) in [6.07, 6.45) is -1.61. The molecule has 2 rings (SSSR count). The van der Waals surface area contributed by atoms with Crippen LogP contribution in [0.5, 0.6) is 5.75 Å². The quantitative estimate of drug-likeness (QED) is 0.0166. The number of guanidine groups is 2. The fourth-order valence-corrected chi connectivity index (χ4v) is 8.95. The number of hydrogen-bond donors (Lipinski definition) is 20. The van der Waals surface area contributed by atoms with Crippen LogP contribution < -0.4 is 76.5 Å². The Morgan fingerprint density at radius 3 is 1.40 bits per heavy atom. The molecule has 1 aromatic carbocycles. The average molecular weight is 1250 g/mol. The van der Waals surface area contributed by atoms with Crippen molar-refractivity contribution in [3.8, 4) is 5.75 Å². The molecule has 494 valence electrons. The number of phenols is 1. The SMILES string of the molecule is CC(C)C[C@H](NC(=O)[C@H](C)N)C(=O)N[C@@H](CCCN=C(N)N)C(=O)N1CCC[C@H]1C(=O)N[C@@H](CO)C(=O)N[C@H](C(=O)N[C@@H](CO)C(=O)N[C@@H](CCCN=C(N)N)C(=O)N[C@@H](CO)C(=O)N[C@@H](CC(C)C)C(=O)N[C@@H](Cc1ccc(O)cc1)C(=O)O)[C@@H](C)O. The van der Waals surface area contributed by atoms with Crippen LogP contribution in [0, 0.1) is 11.8 Å². The lowest BCUT2D eigenvalue weighted by atomic mass is 10.0. The van der Waals surface area contributed by atoms with Crippen LogP contribution in [0.3, 0.4) is 0 Å². The zero-order valence-corrected chi connectivity index (χ0v) is 50.4. The topological polar surface area (TPSA) is 575 Å². The van der Waals surface area contributed by atoms with Crippen LogP contribution in [0.4, 0.5) is 0 Å². The van der Waals surface area contributed by atoms with E-state index in [1.165, 1.54) is 36.1 Å². The Labute approximate surface area is 509 Å². The number of carboxylic acid groups (broad SMARTS) is 1. The number of aliphatic hydroxyl groups excluding tert-OH is 4. The molecule has 1 heterocycles. The highest BCUT2D eigenvalue weighted by Crippen LogP contribution is 2.21. The molecular weight excluding hydrogens is 1160 g/mol. The van der Waals surface area contributed by atoms with E-state index in [0.717, 1.165) is 6.92 Å². The van der Waals surface area contributed by atoms with Gasteiger partial charge in [-0.15, -0.1) is 0 Å². The van der Waals surface area contributed by atoms with Gasteiger partial charge in [-0.2, -0.15) is 0 Å². The number of amides is 10. The first kappa shape index (κ1) is 75.6. The number of hydrogen-bond acceptors (Lipinski definition) is 19. The summed E-state index contributed by atoms with van der Waals surface area (Å²) in [6, 6.07) is -11.0. The number of benzene rings is 1. The van der Waals surface area contributed by atoms with E-state index in [-0.39, 0.29) is 107 Å². The molecule has 0 aromatic heterocycles. The Balaban J connectivity index is 2.29.